The number of aryl methyl sites for hydroxylation is 1. The SMILES string of the molecule is CCCCC12C=CC(O1)c1cc(C)cc(B3OC(C)(C)C(C)(C)O3)c12. The van der Waals surface area contributed by atoms with Gasteiger partial charge >= 0.3 is 7.12 Å². The molecule has 1 aromatic rings. The van der Waals surface area contributed by atoms with Crippen LogP contribution >= 0.6 is 0 Å². The molecule has 2 atom stereocenters. The number of ether oxygens (including phenoxy) is 1. The Kier molecular flexibility index (Phi) is 3.78. The lowest BCUT2D eigenvalue weighted by atomic mass is 9.68. The normalized spacial score (nSPS) is 31.0. The maximum absolute atomic E-state index is 6.47. The van der Waals surface area contributed by atoms with Crippen molar-refractivity contribution in [2.45, 2.75) is 83.7 Å². The third-order valence-electron chi connectivity index (χ3n) is 6.36. The van der Waals surface area contributed by atoms with E-state index in [1.807, 2.05) is 0 Å². The van der Waals surface area contributed by atoms with Gasteiger partial charge in [0.1, 0.15) is 11.7 Å². The Labute approximate surface area is 151 Å². The predicted octanol–water partition coefficient (Wildman–Crippen LogP) is 4.32. The lowest BCUT2D eigenvalue weighted by Gasteiger charge is -2.32. The van der Waals surface area contributed by atoms with Crippen molar-refractivity contribution < 1.29 is 14.0 Å². The average molecular weight is 340 g/mol. The molecule has 0 spiro atoms. The molecule has 0 radical (unpaired) electrons. The van der Waals surface area contributed by atoms with E-state index in [1.54, 1.807) is 0 Å². The van der Waals surface area contributed by atoms with Crippen molar-refractivity contribution >= 4 is 12.6 Å². The Hall–Kier alpha value is -1.10. The minimum absolute atomic E-state index is 0.0768. The Balaban J connectivity index is 1.81. The average Bonchev–Trinajstić information content (AvgIpc) is 3.14. The molecule has 3 aliphatic heterocycles. The van der Waals surface area contributed by atoms with Crippen molar-refractivity contribution in [2.24, 2.45) is 0 Å². The maximum Gasteiger partial charge on any atom is 0.495 e. The minimum Gasteiger partial charge on any atom is -0.399 e. The monoisotopic (exact) mass is 340 g/mol. The van der Waals surface area contributed by atoms with Gasteiger partial charge in [-0.2, -0.15) is 0 Å². The van der Waals surface area contributed by atoms with Gasteiger partial charge in [-0.15, -0.1) is 0 Å². The third kappa shape index (κ3) is 2.45. The summed E-state index contributed by atoms with van der Waals surface area (Å²) < 4.78 is 19.2. The highest BCUT2D eigenvalue weighted by atomic mass is 16.7. The molecule has 0 saturated carbocycles. The summed E-state index contributed by atoms with van der Waals surface area (Å²) in [5.41, 5.74) is 4.00. The summed E-state index contributed by atoms with van der Waals surface area (Å²) in [6.07, 6.45) is 7.88. The molecule has 0 amide bonds. The summed E-state index contributed by atoms with van der Waals surface area (Å²) in [6.45, 7) is 12.8. The number of rotatable bonds is 4. The summed E-state index contributed by atoms with van der Waals surface area (Å²) in [6, 6.07) is 4.50. The van der Waals surface area contributed by atoms with Crippen LogP contribution in [0.3, 0.4) is 0 Å². The predicted molar refractivity (Wildman–Crippen MR) is 101 cm³/mol. The quantitative estimate of drug-likeness (QED) is 0.603. The van der Waals surface area contributed by atoms with E-state index in [4.69, 9.17) is 14.0 Å². The highest BCUT2D eigenvalue weighted by molar-refractivity contribution is 6.62. The third-order valence-corrected chi connectivity index (χ3v) is 6.36. The van der Waals surface area contributed by atoms with Crippen LogP contribution in [0.4, 0.5) is 0 Å². The summed E-state index contributed by atoms with van der Waals surface area (Å²) >= 11 is 0. The smallest absolute Gasteiger partial charge is 0.399 e. The molecule has 1 aromatic carbocycles. The van der Waals surface area contributed by atoms with Crippen LogP contribution in [0, 0.1) is 6.92 Å². The van der Waals surface area contributed by atoms with Crippen LogP contribution in [0.1, 0.15) is 76.7 Å². The van der Waals surface area contributed by atoms with E-state index >= 15 is 0 Å². The zero-order valence-electron chi connectivity index (χ0n) is 16.3. The van der Waals surface area contributed by atoms with Gasteiger partial charge in [0.15, 0.2) is 0 Å². The topological polar surface area (TPSA) is 27.7 Å². The first-order chi connectivity index (χ1) is 11.7. The number of unbranched alkanes of at least 4 members (excludes halogenated alkanes) is 1. The molecule has 25 heavy (non-hydrogen) atoms. The molecule has 4 heteroatoms. The molecule has 1 saturated heterocycles. The lowest BCUT2D eigenvalue weighted by Crippen LogP contribution is -2.41. The number of hydrogen-bond donors (Lipinski definition) is 0. The van der Waals surface area contributed by atoms with Crippen LogP contribution in [-0.2, 0) is 19.6 Å². The molecular weight excluding hydrogens is 311 g/mol. The lowest BCUT2D eigenvalue weighted by molar-refractivity contribution is -0.00964. The van der Waals surface area contributed by atoms with Gasteiger partial charge in [-0.1, -0.05) is 43.5 Å². The van der Waals surface area contributed by atoms with E-state index in [2.05, 4.69) is 65.8 Å². The van der Waals surface area contributed by atoms with Gasteiger partial charge in [-0.3, -0.25) is 0 Å². The van der Waals surface area contributed by atoms with E-state index < -0.39 is 0 Å². The second-order valence-electron chi connectivity index (χ2n) is 8.80. The van der Waals surface area contributed by atoms with Crippen molar-refractivity contribution in [2.75, 3.05) is 0 Å². The summed E-state index contributed by atoms with van der Waals surface area (Å²) in [7, 11) is -0.339. The van der Waals surface area contributed by atoms with Gasteiger partial charge in [-0.05, 0) is 63.7 Å². The second-order valence-corrected chi connectivity index (χ2v) is 8.80. The number of hydrogen-bond acceptors (Lipinski definition) is 3. The molecule has 0 aliphatic carbocycles. The van der Waals surface area contributed by atoms with Crippen LogP contribution in [0.25, 0.3) is 0 Å². The molecule has 4 rings (SSSR count). The zero-order chi connectivity index (χ0) is 18.0. The fraction of sp³-hybridized carbons (Fsp3) is 0.619. The van der Waals surface area contributed by atoms with Crippen molar-refractivity contribution in [3.05, 3.63) is 41.0 Å². The van der Waals surface area contributed by atoms with Gasteiger partial charge < -0.3 is 14.0 Å². The van der Waals surface area contributed by atoms with Crippen molar-refractivity contribution in [3.8, 4) is 0 Å². The van der Waals surface area contributed by atoms with Gasteiger partial charge in [0.05, 0.1) is 11.2 Å². The van der Waals surface area contributed by atoms with Crippen LogP contribution < -0.4 is 5.46 Å². The molecule has 134 valence electrons. The molecule has 3 aliphatic rings. The Morgan fingerprint density at radius 3 is 2.40 bits per heavy atom. The first kappa shape index (κ1) is 17.3. The molecule has 1 fully saturated rings. The van der Waals surface area contributed by atoms with E-state index in [0.717, 1.165) is 24.7 Å². The van der Waals surface area contributed by atoms with E-state index in [1.165, 1.54) is 16.7 Å². The fourth-order valence-corrected chi connectivity index (χ4v) is 4.28. The summed E-state index contributed by atoms with van der Waals surface area (Å²) in [5.74, 6) is 0. The standard InChI is InChI=1S/C21H29BO3/c1-7-8-10-21-11-9-17(23-21)15-12-14(2)13-16(18(15)21)22-24-19(3,4)20(5,6)25-22/h9,11-13,17H,7-8,10H2,1-6H3. The largest absolute Gasteiger partial charge is 0.495 e. The van der Waals surface area contributed by atoms with Crippen molar-refractivity contribution in [1.29, 1.82) is 0 Å². The van der Waals surface area contributed by atoms with Crippen molar-refractivity contribution in [1.82, 2.24) is 0 Å². The molecule has 2 unspecified atom stereocenters. The summed E-state index contributed by atoms with van der Waals surface area (Å²) in [5, 5.41) is 0. The van der Waals surface area contributed by atoms with Crippen LogP contribution in [-0.4, -0.2) is 18.3 Å². The number of benzene rings is 1. The highest BCUT2D eigenvalue weighted by Gasteiger charge is 2.55. The van der Waals surface area contributed by atoms with E-state index in [0.29, 0.717) is 0 Å². The van der Waals surface area contributed by atoms with Gasteiger partial charge in [0, 0.05) is 0 Å². The first-order valence-electron chi connectivity index (χ1n) is 9.57. The van der Waals surface area contributed by atoms with Gasteiger partial charge in [0.2, 0.25) is 0 Å². The van der Waals surface area contributed by atoms with E-state index in [9.17, 15) is 0 Å². The minimum atomic E-state index is -0.339. The van der Waals surface area contributed by atoms with Crippen LogP contribution in [0.15, 0.2) is 24.3 Å². The van der Waals surface area contributed by atoms with E-state index in [-0.39, 0.29) is 30.0 Å². The Bertz CT molecular complexity index is 721. The summed E-state index contributed by atoms with van der Waals surface area (Å²) in [4.78, 5) is 0. The Morgan fingerprint density at radius 1 is 1.08 bits per heavy atom. The molecule has 0 N–H and O–H groups in total. The van der Waals surface area contributed by atoms with Crippen molar-refractivity contribution in [3.63, 3.8) is 0 Å². The van der Waals surface area contributed by atoms with Crippen LogP contribution in [0.2, 0.25) is 0 Å². The maximum atomic E-state index is 6.47. The highest BCUT2D eigenvalue weighted by Crippen LogP contribution is 2.52. The number of fused-ring (bicyclic) bond motifs is 5. The fourth-order valence-electron chi connectivity index (χ4n) is 4.28. The Morgan fingerprint density at radius 2 is 1.76 bits per heavy atom. The van der Waals surface area contributed by atoms with Gasteiger partial charge in [-0.25, -0.2) is 0 Å². The second kappa shape index (κ2) is 5.45. The molecular formula is C21H29BO3. The van der Waals surface area contributed by atoms with Crippen LogP contribution in [0.5, 0.6) is 0 Å². The van der Waals surface area contributed by atoms with Gasteiger partial charge in [0.25, 0.3) is 0 Å². The molecule has 3 heterocycles. The molecule has 0 aromatic heterocycles. The zero-order valence-corrected chi connectivity index (χ0v) is 16.3. The molecule has 3 nitrogen and oxygen atoms in total. The first-order valence-corrected chi connectivity index (χ1v) is 9.57. The molecule has 2 bridgehead atoms.